The summed E-state index contributed by atoms with van der Waals surface area (Å²) in [4.78, 5) is 12.1. The summed E-state index contributed by atoms with van der Waals surface area (Å²) in [6, 6.07) is 0. The molecule has 0 N–H and O–H groups in total. The van der Waals surface area contributed by atoms with Crippen LogP contribution >= 0.6 is 0 Å². The van der Waals surface area contributed by atoms with Crippen LogP contribution in [0.1, 0.15) is 34.1 Å². The number of carbonyl (C=O) groups is 1. The van der Waals surface area contributed by atoms with Crippen LogP contribution in [0.15, 0.2) is 23.8 Å². The standard InChI is InChI=1S/C19H24O5/c1-5-6-14(20)23-12-8-13-19(9-21-19)18(12,4)17(3)11(22-13)7-10(2)15-16(17)24-15/h5-7,11-13,15-16H,8-9H2,1-4H3/b6-5-/t11-,12-,13-,15+,16+,17-,18-,19+/m1/s1. The summed E-state index contributed by atoms with van der Waals surface area (Å²) in [5.41, 5.74) is 0.332. The first-order valence-electron chi connectivity index (χ1n) is 8.85. The van der Waals surface area contributed by atoms with E-state index in [9.17, 15) is 4.79 Å². The molecule has 3 saturated heterocycles. The minimum Gasteiger partial charge on any atom is -0.458 e. The van der Waals surface area contributed by atoms with E-state index in [0.29, 0.717) is 13.0 Å². The molecule has 130 valence electrons. The van der Waals surface area contributed by atoms with Crippen LogP contribution in [-0.4, -0.2) is 48.7 Å². The van der Waals surface area contributed by atoms with Gasteiger partial charge in [0.2, 0.25) is 0 Å². The van der Waals surface area contributed by atoms with Gasteiger partial charge in [0.1, 0.15) is 17.8 Å². The van der Waals surface area contributed by atoms with Crippen LogP contribution < -0.4 is 0 Å². The third-order valence-corrected chi connectivity index (χ3v) is 7.45. The van der Waals surface area contributed by atoms with Crippen molar-refractivity contribution in [2.24, 2.45) is 10.8 Å². The van der Waals surface area contributed by atoms with Gasteiger partial charge in [-0.2, -0.15) is 0 Å². The molecule has 4 fully saturated rings. The molecule has 1 spiro atoms. The van der Waals surface area contributed by atoms with Crippen molar-refractivity contribution in [1.82, 2.24) is 0 Å². The molecule has 2 aliphatic carbocycles. The van der Waals surface area contributed by atoms with E-state index in [-0.39, 0.29) is 52.9 Å². The normalized spacial score (nSPS) is 56.7. The number of fused-ring (bicyclic) bond motifs is 4. The molecule has 24 heavy (non-hydrogen) atoms. The molecule has 0 aromatic carbocycles. The molecule has 5 nitrogen and oxygen atoms in total. The molecular weight excluding hydrogens is 308 g/mol. The second-order valence-corrected chi connectivity index (χ2v) is 8.26. The van der Waals surface area contributed by atoms with E-state index in [1.165, 1.54) is 11.6 Å². The Labute approximate surface area is 142 Å². The first kappa shape index (κ1) is 15.1. The van der Waals surface area contributed by atoms with Gasteiger partial charge in [0.25, 0.3) is 0 Å². The molecule has 1 saturated carbocycles. The Morgan fingerprint density at radius 3 is 2.79 bits per heavy atom. The lowest BCUT2D eigenvalue weighted by Crippen LogP contribution is -2.66. The molecule has 5 aliphatic rings. The quantitative estimate of drug-likeness (QED) is 0.336. The van der Waals surface area contributed by atoms with Gasteiger partial charge in [0, 0.05) is 23.3 Å². The highest BCUT2D eigenvalue weighted by Gasteiger charge is 2.85. The Morgan fingerprint density at radius 1 is 1.38 bits per heavy atom. The van der Waals surface area contributed by atoms with Gasteiger partial charge in [0.15, 0.2) is 0 Å². The van der Waals surface area contributed by atoms with E-state index in [1.54, 1.807) is 6.08 Å². The van der Waals surface area contributed by atoms with Crippen LogP contribution in [0.25, 0.3) is 0 Å². The van der Waals surface area contributed by atoms with E-state index in [2.05, 4.69) is 26.8 Å². The molecule has 0 radical (unpaired) electrons. The second kappa shape index (κ2) is 4.32. The summed E-state index contributed by atoms with van der Waals surface area (Å²) >= 11 is 0. The second-order valence-electron chi connectivity index (χ2n) is 8.26. The molecule has 0 aromatic rings. The molecule has 2 bridgehead atoms. The van der Waals surface area contributed by atoms with E-state index < -0.39 is 0 Å². The Balaban J connectivity index is 1.60. The zero-order valence-corrected chi connectivity index (χ0v) is 14.6. The molecule has 8 atom stereocenters. The first-order chi connectivity index (χ1) is 11.4. The largest absolute Gasteiger partial charge is 0.458 e. The lowest BCUT2D eigenvalue weighted by atomic mass is 9.52. The summed E-state index contributed by atoms with van der Waals surface area (Å²) in [5.74, 6) is -0.289. The average Bonchev–Trinajstić information content (AvgIpc) is 3.40. The third kappa shape index (κ3) is 1.46. The third-order valence-electron chi connectivity index (χ3n) is 7.45. The highest BCUT2D eigenvalue weighted by atomic mass is 16.6. The monoisotopic (exact) mass is 332 g/mol. The van der Waals surface area contributed by atoms with Gasteiger partial charge in [-0.3, -0.25) is 0 Å². The molecule has 3 heterocycles. The predicted octanol–water partition coefficient (Wildman–Crippen LogP) is 2.15. The van der Waals surface area contributed by atoms with Crippen molar-refractivity contribution in [2.75, 3.05) is 6.61 Å². The zero-order chi connectivity index (χ0) is 16.9. The van der Waals surface area contributed by atoms with Gasteiger partial charge in [-0.1, -0.05) is 26.0 Å². The van der Waals surface area contributed by atoms with Crippen LogP contribution in [-0.2, 0) is 23.7 Å². The number of ether oxygens (including phenoxy) is 4. The Kier molecular flexibility index (Phi) is 2.72. The van der Waals surface area contributed by atoms with Gasteiger partial charge in [-0.15, -0.1) is 0 Å². The maximum atomic E-state index is 12.1. The summed E-state index contributed by atoms with van der Waals surface area (Å²) in [5, 5.41) is 0. The Morgan fingerprint density at radius 2 is 2.12 bits per heavy atom. The van der Waals surface area contributed by atoms with Crippen LogP contribution in [0.4, 0.5) is 0 Å². The number of rotatable bonds is 2. The molecule has 0 unspecified atom stereocenters. The van der Waals surface area contributed by atoms with Crippen molar-refractivity contribution >= 4 is 5.97 Å². The summed E-state index contributed by atoms with van der Waals surface area (Å²) in [7, 11) is 0. The molecule has 0 amide bonds. The van der Waals surface area contributed by atoms with Crippen LogP contribution in [0, 0.1) is 10.8 Å². The SMILES string of the molecule is C/C=C\C(=O)O[C@@H]1C[C@H]2O[C@@H]3C=C(C)[C@@H]4O[C@@H]4[C@]3(C)[C@]1(C)[C@]21CO1. The number of esters is 1. The minimum absolute atomic E-state index is 0.0171. The summed E-state index contributed by atoms with van der Waals surface area (Å²) in [6.45, 7) is 9.05. The zero-order valence-electron chi connectivity index (χ0n) is 14.6. The fraction of sp³-hybridized carbons (Fsp3) is 0.737. The maximum absolute atomic E-state index is 12.1. The maximum Gasteiger partial charge on any atom is 0.330 e. The van der Waals surface area contributed by atoms with Gasteiger partial charge < -0.3 is 18.9 Å². The predicted molar refractivity (Wildman–Crippen MR) is 85.3 cm³/mol. The van der Waals surface area contributed by atoms with E-state index >= 15 is 0 Å². The van der Waals surface area contributed by atoms with Gasteiger partial charge in [-0.25, -0.2) is 4.79 Å². The summed E-state index contributed by atoms with van der Waals surface area (Å²) in [6.07, 6.45) is 6.12. The Hall–Kier alpha value is -1.17. The van der Waals surface area contributed by atoms with Gasteiger partial charge in [0.05, 0.1) is 24.9 Å². The van der Waals surface area contributed by atoms with E-state index in [4.69, 9.17) is 18.9 Å². The molecule has 3 aliphatic heterocycles. The van der Waals surface area contributed by atoms with Crippen LogP contribution in [0.5, 0.6) is 0 Å². The highest BCUT2D eigenvalue weighted by molar-refractivity contribution is 5.82. The lowest BCUT2D eigenvalue weighted by Gasteiger charge is -2.56. The highest BCUT2D eigenvalue weighted by Crippen LogP contribution is 2.74. The average molecular weight is 332 g/mol. The van der Waals surface area contributed by atoms with Crippen molar-refractivity contribution in [3.63, 3.8) is 0 Å². The fourth-order valence-corrected chi connectivity index (χ4v) is 5.77. The molecule has 0 aromatic heterocycles. The lowest BCUT2D eigenvalue weighted by molar-refractivity contribution is -0.212. The fourth-order valence-electron chi connectivity index (χ4n) is 5.77. The first-order valence-corrected chi connectivity index (χ1v) is 8.85. The number of epoxide rings is 2. The summed E-state index contributed by atoms with van der Waals surface area (Å²) < 4.78 is 24.4. The molecular formula is C19H24O5. The van der Waals surface area contributed by atoms with Crippen molar-refractivity contribution in [3.05, 3.63) is 23.8 Å². The number of carbonyl (C=O) groups excluding carboxylic acids is 1. The van der Waals surface area contributed by atoms with Crippen molar-refractivity contribution < 1.29 is 23.7 Å². The number of hydrogen-bond donors (Lipinski definition) is 0. The van der Waals surface area contributed by atoms with Crippen molar-refractivity contribution in [1.29, 1.82) is 0 Å². The van der Waals surface area contributed by atoms with Gasteiger partial charge in [-0.05, 0) is 19.4 Å². The minimum atomic E-state index is -0.339. The molecule has 5 heteroatoms. The van der Waals surface area contributed by atoms with E-state index in [0.717, 1.165) is 0 Å². The Bertz CT molecular complexity index is 677. The number of allylic oxidation sites excluding steroid dienone is 1. The van der Waals surface area contributed by atoms with Crippen molar-refractivity contribution in [3.8, 4) is 0 Å². The van der Waals surface area contributed by atoms with Crippen LogP contribution in [0.2, 0.25) is 0 Å². The van der Waals surface area contributed by atoms with Crippen molar-refractivity contribution in [2.45, 2.75) is 70.2 Å². The number of hydrogen-bond acceptors (Lipinski definition) is 5. The van der Waals surface area contributed by atoms with Gasteiger partial charge >= 0.3 is 5.97 Å². The van der Waals surface area contributed by atoms with E-state index in [1.807, 2.05) is 6.92 Å². The smallest absolute Gasteiger partial charge is 0.330 e. The van der Waals surface area contributed by atoms with Crippen LogP contribution in [0.3, 0.4) is 0 Å². The topological polar surface area (TPSA) is 60.6 Å². The molecule has 5 rings (SSSR count).